The molecule has 3 rings (SSSR count). The Labute approximate surface area is 153 Å². The van der Waals surface area contributed by atoms with Gasteiger partial charge in [-0.3, -0.25) is 14.9 Å². The highest BCUT2D eigenvalue weighted by Crippen LogP contribution is 2.27. The Morgan fingerprint density at radius 3 is 2.46 bits per heavy atom. The normalized spacial score (nSPS) is 19.6. The number of piperidine rings is 1. The monoisotopic (exact) mass is 361 g/mol. The third kappa shape index (κ3) is 4.30. The van der Waals surface area contributed by atoms with Crippen LogP contribution in [0.15, 0.2) is 12.3 Å². The fourth-order valence-corrected chi connectivity index (χ4v) is 3.70. The maximum Gasteiger partial charge on any atom is 0.290 e. The van der Waals surface area contributed by atoms with Gasteiger partial charge in [0, 0.05) is 51.3 Å². The second-order valence-electron chi connectivity index (χ2n) is 7.40. The van der Waals surface area contributed by atoms with Crippen LogP contribution in [-0.2, 0) is 4.79 Å². The molecule has 0 radical (unpaired) electrons. The Bertz CT molecular complexity index is 665. The van der Waals surface area contributed by atoms with Gasteiger partial charge >= 0.3 is 0 Å². The molecule has 0 bridgehead atoms. The molecule has 2 saturated heterocycles. The Balaban J connectivity index is 1.50. The maximum atomic E-state index is 12.5. The molecule has 3 heterocycles. The molecule has 2 aliphatic heterocycles. The van der Waals surface area contributed by atoms with Crippen LogP contribution in [0.2, 0.25) is 0 Å². The summed E-state index contributed by atoms with van der Waals surface area (Å²) in [4.78, 5) is 33.7. The van der Waals surface area contributed by atoms with Crippen molar-refractivity contribution in [3.8, 4) is 0 Å². The molecule has 2 fully saturated rings. The lowest BCUT2D eigenvalue weighted by atomic mass is 9.92. The van der Waals surface area contributed by atoms with Crippen LogP contribution >= 0.6 is 0 Å². The lowest BCUT2D eigenvalue weighted by Crippen LogP contribution is -2.47. The van der Waals surface area contributed by atoms with E-state index in [2.05, 4.69) is 21.8 Å². The van der Waals surface area contributed by atoms with Crippen molar-refractivity contribution in [1.82, 2.24) is 14.8 Å². The average molecular weight is 361 g/mol. The van der Waals surface area contributed by atoms with Crippen LogP contribution in [-0.4, -0.2) is 71.9 Å². The Morgan fingerprint density at radius 2 is 1.88 bits per heavy atom. The van der Waals surface area contributed by atoms with Crippen LogP contribution in [0.3, 0.4) is 0 Å². The summed E-state index contributed by atoms with van der Waals surface area (Å²) in [6.07, 6.45) is 3.88. The van der Waals surface area contributed by atoms with Gasteiger partial charge in [0.2, 0.25) is 5.91 Å². The highest BCUT2D eigenvalue weighted by atomic mass is 16.6. The molecule has 0 saturated carbocycles. The molecule has 0 spiro atoms. The van der Waals surface area contributed by atoms with Gasteiger partial charge in [-0.1, -0.05) is 0 Å². The molecule has 8 nitrogen and oxygen atoms in total. The number of aryl methyl sites for hydroxylation is 1. The molecule has 0 unspecified atom stereocenters. The number of nitrogens with zero attached hydrogens (tertiary/aromatic N) is 5. The number of carbonyl (C=O) groups is 1. The van der Waals surface area contributed by atoms with E-state index >= 15 is 0 Å². The first-order valence-corrected chi connectivity index (χ1v) is 9.26. The molecule has 0 atom stereocenters. The minimum Gasteiger partial charge on any atom is -0.357 e. The predicted octanol–water partition coefficient (Wildman–Crippen LogP) is 1.68. The molecular weight excluding hydrogens is 334 g/mol. The standard InChI is InChI=1S/C18H27N5O3/c1-14-11-17(19-13-16(14)23(25)26)21-5-3-15(4-6-21)12-18(24)22-9-7-20(2)8-10-22/h11,13,15H,3-10,12H2,1-2H3. The second-order valence-corrected chi connectivity index (χ2v) is 7.40. The quantitative estimate of drug-likeness (QED) is 0.599. The van der Waals surface area contributed by atoms with E-state index in [0.29, 0.717) is 17.9 Å². The van der Waals surface area contributed by atoms with E-state index in [1.807, 2.05) is 4.90 Å². The Hall–Kier alpha value is -2.22. The van der Waals surface area contributed by atoms with Gasteiger partial charge in [0.15, 0.2) is 0 Å². The molecule has 1 aromatic rings. The van der Waals surface area contributed by atoms with Gasteiger partial charge < -0.3 is 14.7 Å². The van der Waals surface area contributed by atoms with Crippen molar-refractivity contribution in [1.29, 1.82) is 0 Å². The van der Waals surface area contributed by atoms with Gasteiger partial charge in [0.1, 0.15) is 12.0 Å². The zero-order valence-corrected chi connectivity index (χ0v) is 15.6. The minimum atomic E-state index is -0.400. The van der Waals surface area contributed by atoms with E-state index in [9.17, 15) is 14.9 Å². The van der Waals surface area contributed by atoms with Gasteiger partial charge in [-0.25, -0.2) is 4.98 Å². The molecule has 2 aliphatic rings. The highest BCUT2D eigenvalue weighted by Gasteiger charge is 2.26. The second kappa shape index (κ2) is 7.99. The summed E-state index contributed by atoms with van der Waals surface area (Å²) in [7, 11) is 2.09. The van der Waals surface area contributed by atoms with Gasteiger partial charge in [-0.05, 0) is 38.8 Å². The predicted molar refractivity (Wildman–Crippen MR) is 99.3 cm³/mol. The van der Waals surface area contributed by atoms with Crippen molar-refractivity contribution in [3.63, 3.8) is 0 Å². The number of piperazine rings is 1. The van der Waals surface area contributed by atoms with E-state index in [0.717, 1.165) is 57.9 Å². The number of likely N-dealkylation sites (N-methyl/N-ethyl adjacent to an activating group) is 1. The van der Waals surface area contributed by atoms with Crippen LogP contribution in [0.1, 0.15) is 24.8 Å². The first kappa shape index (κ1) is 18.6. The molecule has 0 N–H and O–H groups in total. The molecule has 142 valence electrons. The van der Waals surface area contributed by atoms with E-state index in [1.165, 1.54) is 6.20 Å². The Morgan fingerprint density at radius 1 is 1.23 bits per heavy atom. The first-order chi connectivity index (χ1) is 12.4. The van der Waals surface area contributed by atoms with Gasteiger partial charge in [0.25, 0.3) is 5.69 Å². The van der Waals surface area contributed by atoms with Crippen LogP contribution in [0, 0.1) is 23.0 Å². The largest absolute Gasteiger partial charge is 0.357 e. The minimum absolute atomic E-state index is 0.0569. The smallest absolute Gasteiger partial charge is 0.290 e. The molecule has 0 aliphatic carbocycles. The number of anilines is 1. The molecule has 1 amide bonds. The number of hydrogen-bond acceptors (Lipinski definition) is 6. The summed E-state index contributed by atoms with van der Waals surface area (Å²) in [5.74, 6) is 1.48. The van der Waals surface area contributed by atoms with E-state index in [4.69, 9.17) is 0 Å². The topological polar surface area (TPSA) is 82.8 Å². The number of hydrogen-bond donors (Lipinski definition) is 0. The fourth-order valence-electron chi connectivity index (χ4n) is 3.70. The van der Waals surface area contributed by atoms with Gasteiger partial charge in [0.05, 0.1) is 4.92 Å². The van der Waals surface area contributed by atoms with Gasteiger partial charge in [-0.15, -0.1) is 0 Å². The molecule has 0 aromatic carbocycles. The van der Waals surface area contributed by atoms with Crippen molar-refractivity contribution in [3.05, 3.63) is 27.9 Å². The summed E-state index contributed by atoms with van der Waals surface area (Å²) in [6.45, 7) is 6.99. The Kier molecular flexibility index (Phi) is 5.70. The van der Waals surface area contributed by atoms with Crippen LogP contribution < -0.4 is 4.90 Å². The zero-order valence-electron chi connectivity index (χ0n) is 15.6. The number of amides is 1. The molecule has 8 heteroatoms. The number of pyridine rings is 1. The number of carbonyl (C=O) groups excluding carboxylic acids is 1. The summed E-state index contributed by atoms with van der Waals surface area (Å²) in [5, 5.41) is 10.9. The zero-order chi connectivity index (χ0) is 18.7. The molecule has 1 aromatic heterocycles. The van der Waals surface area contributed by atoms with E-state index in [-0.39, 0.29) is 11.6 Å². The lowest BCUT2D eigenvalue weighted by Gasteiger charge is -2.35. The maximum absolute atomic E-state index is 12.5. The van der Waals surface area contributed by atoms with Crippen molar-refractivity contribution in [2.24, 2.45) is 5.92 Å². The SMILES string of the molecule is Cc1cc(N2CCC(CC(=O)N3CCN(C)CC3)CC2)ncc1[N+](=O)[O-]. The number of nitro groups is 1. The summed E-state index contributed by atoms with van der Waals surface area (Å²) in [5.41, 5.74) is 0.689. The molecular formula is C18H27N5O3. The summed E-state index contributed by atoms with van der Waals surface area (Å²) in [6, 6.07) is 1.79. The molecule has 26 heavy (non-hydrogen) atoms. The van der Waals surface area contributed by atoms with Crippen molar-refractivity contribution in [2.45, 2.75) is 26.2 Å². The van der Waals surface area contributed by atoms with Crippen molar-refractivity contribution < 1.29 is 9.72 Å². The lowest BCUT2D eigenvalue weighted by molar-refractivity contribution is -0.385. The summed E-state index contributed by atoms with van der Waals surface area (Å²) >= 11 is 0. The number of rotatable bonds is 4. The van der Waals surface area contributed by atoms with Crippen molar-refractivity contribution in [2.75, 3.05) is 51.2 Å². The first-order valence-electron chi connectivity index (χ1n) is 9.26. The summed E-state index contributed by atoms with van der Waals surface area (Å²) < 4.78 is 0. The third-order valence-corrected chi connectivity index (χ3v) is 5.52. The van der Waals surface area contributed by atoms with Crippen molar-refractivity contribution >= 4 is 17.4 Å². The van der Waals surface area contributed by atoms with Crippen LogP contribution in [0.4, 0.5) is 11.5 Å². The average Bonchev–Trinajstić information content (AvgIpc) is 2.62. The number of aromatic nitrogens is 1. The highest BCUT2D eigenvalue weighted by molar-refractivity contribution is 5.76. The van der Waals surface area contributed by atoms with Crippen LogP contribution in [0.5, 0.6) is 0 Å². The van der Waals surface area contributed by atoms with E-state index in [1.54, 1.807) is 13.0 Å². The third-order valence-electron chi connectivity index (χ3n) is 5.52. The van der Waals surface area contributed by atoms with Gasteiger partial charge in [-0.2, -0.15) is 0 Å². The van der Waals surface area contributed by atoms with E-state index < -0.39 is 4.92 Å². The fraction of sp³-hybridized carbons (Fsp3) is 0.667. The van der Waals surface area contributed by atoms with Crippen LogP contribution in [0.25, 0.3) is 0 Å².